The molecule has 0 aromatic rings. The molecule has 0 N–H and O–H groups in total. The third-order valence-electron chi connectivity index (χ3n) is 9.21. The Morgan fingerprint density at radius 3 is 1.47 bits per heavy atom. The Morgan fingerprint density at radius 1 is 0.552 bits per heavy atom. The molecule has 0 aliphatic heterocycles. The van der Waals surface area contributed by atoms with Crippen LogP contribution >= 0.6 is 7.82 Å². The molecule has 0 spiro atoms. The molecular weight excluding hydrogens is 750 g/mol. The van der Waals surface area contributed by atoms with Gasteiger partial charge in [0.15, 0.2) is 6.10 Å². The molecule has 10 heteroatoms. The van der Waals surface area contributed by atoms with Crippen LogP contribution in [0.1, 0.15) is 168 Å². The number of phosphoric ester groups is 1. The molecule has 0 aliphatic carbocycles. The van der Waals surface area contributed by atoms with Crippen LogP contribution < -0.4 is 4.89 Å². The highest BCUT2D eigenvalue weighted by Gasteiger charge is 2.21. The van der Waals surface area contributed by atoms with Gasteiger partial charge in [0.2, 0.25) is 0 Å². The number of carbonyl (C=O) groups is 2. The van der Waals surface area contributed by atoms with Gasteiger partial charge in [0.1, 0.15) is 19.8 Å². The second kappa shape index (κ2) is 39.9. The Bertz CT molecular complexity index is 1220. The van der Waals surface area contributed by atoms with E-state index in [0.29, 0.717) is 23.9 Å². The molecule has 0 rings (SSSR count). The summed E-state index contributed by atoms with van der Waals surface area (Å²) in [4.78, 5) is 37.6. The van der Waals surface area contributed by atoms with Crippen LogP contribution in [0.2, 0.25) is 0 Å². The number of nitrogens with zero attached hydrogens (tertiary/aromatic N) is 1. The van der Waals surface area contributed by atoms with Crippen molar-refractivity contribution in [3.8, 4) is 0 Å². The number of ether oxygens (including phenoxy) is 2. The third kappa shape index (κ3) is 43.0. The van der Waals surface area contributed by atoms with Crippen LogP contribution in [0, 0.1) is 0 Å². The van der Waals surface area contributed by atoms with Gasteiger partial charge in [-0.3, -0.25) is 14.2 Å². The summed E-state index contributed by atoms with van der Waals surface area (Å²) in [7, 11) is 1.13. The molecule has 0 saturated heterocycles. The van der Waals surface area contributed by atoms with Crippen molar-refractivity contribution in [2.45, 2.75) is 174 Å². The maximum Gasteiger partial charge on any atom is 0.306 e. The Balaban J connectivity index is 4.40. The molecule has 2 atom stereocenters. The number of quaternary nitrogens is 1. The average molecular weight is 834 g/mol. The SMILES string of the molecule is CC/C=C\C/C=C\C/C=C\C/C=C\CCCCCCCCC(=O)OC(COC(=O)CCCCCCC/C=C\C/C=C\CCCCC)COP(=O)([O-])OCC[N+](C)(C)C. The Kier molecular flexibility index (Phi) is 38.1. The molecule has 0 fully saturated rings. The van der Waals surface area contributed by atoms with Gasteiger partial charge >= 0.3 is 11.9 Å². The van der Waals surface area contributed by atoms with E-state index in [0.717, 1.165) is 103 Å². The van der Waals surface area contributed by atoms with Crippen molar-refractivity contribution in [1.82, 2.24) is 0 Å². The van der Waals surface area contributed by atoms with Gasteiger partial charge in [-0.1, -0.05) is 145 Å². The van der Waals surface area contributed by atoms with Crippen LogP contribution in [0.5, 0.6) is 0 Å². The molecule has 0 heterocycles. The van der Waals surface area contributed by atoms with Crippen molar-refractivity contribution < 1.29 is 42.1 Å². The Morgan fingerprint density at radius 2 is 0.983 bits per heavy atom. The fraction of sp³-hybridized carbons (Fsp3) is 0.708. The number of carbonyl (C=O) groups excluding carboxylic acids is 2. The molecule has 0 aromatic heterocycles. The van der Waals surface area contributed by atoms with Crippen molar-refractivity contribution in [3.63, 3.8) is 0 Å². The van der Waals surface area contributed by atoms with Crippen molar-refractivity contribution >= 4 is 19.8 Å². The zero-order valence-electron chi connectivity index (χ0n) is 37.5. The fourth-order valence-corrected chi connectivity index (χ4v) is 6.40. The second-order valence-electron chi connectivity index (χ2n) is 16.0. The average Bonchev–Trinajstić information content (AvgIpc) is 3.17. The number of unbranched alkanes of at least 4 members (excludes halogenated alkanes) is 14. The minimum Gasteiger partial charge on any atom is -0.756 e. The number of hydrogen-bond donors (Lipinski definition) is 0. The number of rotatable bonds is 40. The fourth-order valence-electron chi connectivity index (χ4n) is 5.67. The van der Waals surface area contributed by atoms with Crippen LogP contribution in [0.3, 0.4) is 0 Å². The predicted octanol–water partition coefficient (Wildman–Crippen LogP) is 12.4. The van der Waals surface area contributed by atoms with Crippen molar-refractivity contribution in [2.24, 2.45) is 0 Å². The van der Waals surface area contributed by atoms with E-state index in [1.165, 1.54) is 25.7 Å². The highest BCUT2D eigenvalue weighted by molar-refractivity contribution is 7.45. The lowest BCUT2D eigenvalue weighted by atomic mass is 10.1. The second-order valence-corrected chi connectivity index (χ2v) is 17.4. The van der Waals surface area contributed by atoms with Crippen molar-refractivity contribution in [2.75, 3.05) is 47.5 Å². The largest absolute Gasteiger partial charge is 0.756 e. The van der Waals surface area contributed by atoms with Gasteiger partial charge in [-0.25, -0.2) is 0 Å². The Labute approximate surface area is 355 Å². The molecule has 0 amide bonds. The smallest absolute Gasteiger partial charge is 0.306 e. The molecule has 9 nitrogen and oxygen atoms in total. The summed E-state index contributed by atoms with van der Waals surface area (Å²) < 4.78 is 33.9. The molecule has 2 unspecified atom stereocenters. The summed E-state index contributed by atoms with van der Waals surface area (Å²) in [5.74, 6) is -0.873. The molecule has 0 radical (unpaired) electrons. The molecule has 0 bridgehead atoms. The quantitative estimate of drug-likeness (QED) is 0.0197. The van der Waals surface area contributed by atoms with Gasteiger partial charge in [-0.15, -0.1) is 0 Å². The first-order chi connectivity index (χ1) is 28.0. The van der Waals surface area contributed by atoms with E-state index in [9.17, 15) is 19.0 Å². The first kappa shape index (κ1) is 55.5. The highest BCUT2D eigenvalue weighted by atomic mass is 31.2. The van der Waals surface area contributed by atoms with E-state index in [-0.39, 0.29) is 26.1 Å². The highest BCUT2D eigenvalue weighted by Crippen LogP contribution is 2.38. The van der Waals surface area contributed by atoms with Crippen LogP contribution in [-0.4, -0.2) is 70.0 Å². The summed E-state index contributed by atoms with van der Waals surface area (Å²) in [6, 6.07) is 0. The lowest BCUT2D eigenvalue weighted by molar-refractivity contribution is -0.870. The van der Waals surface area contributed by atoms with E-state index in [1.807, 2.05) is 21.1 Å². The lowest BCUT2D eigenvalue weighted by Gasteiger charge is -2.28. The van der Waals surface area contributed by atoms with Crippen LogP contribution in [0.25, 0.3) is 0 Å². The zero-order chi connectivity index (χ0) is 42.8. The summed E-state index contributed by atoms with van der Waals surface area (Å²) in [6.45, 7) is 4.04. The van der Waals surface area contributed by atoms with Crippen LogP contribution in [0.4, 0.5) is 0 Å². The van der Waals surface area contributed by atoms with E-state index >= 15 is 0 Å². The molecular formula is C48H84NO8P. The van der Waals surface area contributed by atoms with Gasteiger partial charge in [0.05, 0.1) is 27.7 Å². The zero-order valence-corrected chi connectivity index (χ0v) is 38.4. The molecule has 0 aromatic carbocycles. The number of phosphoric acid groups is 1. The molecule has 0 aliphatic rings. The summed E-state index contributed by atoms with van der Waals surface area (Å²) in [6.07, 6.45) is 49.2. The van der Waals surface area contributed by atoms with E-state index in [2.05, 4.69) is 86.8 Å². The monoisotopic (exact) mass is 834 g/mol. The van der Waals surface area contributed by atoms with Crippen molar-refractivity contribution in [3.05, 3.63) is 72.9 Å². The van der Waals surface area contributed by atoms with Gasteiger partial charge in [-0.2, -0.15) is 0 Å². The maximum atomic E-state index is 12.7. The Hall–Kier alpha value is -2.55. The number of hydrogen-bond acceptors (Lipinski definition) is 8. The first-order valence-corrected chi connectivity index (χ1v) is 24.1. The number of likely N-dealkylation sites (N-methyl/N-ethyl adjacent to an activating group) is 1. The summed E-state index contributed by atoms with van der Waals surface area (Å²) >= 11 is 0. The normalized spacial score (nSPS) is 14.2. The maximum absolute atomic E-state index is 12.7. The number of allylic oxidation sites excluding steroid dienone is 12. The van der Waals surface area contributed by atoms with Gasteiger partial charge in [-0.05, 0) is 83.5 Å². The van der Waals surface area contributed by atoms with Crippen LogP contribution in [0.15, 0.2) is 72.9 Å². The number of esters is 2. The van der Waals surface area contributed by atoms with Gasteiger partial charge in [0.25, 0.3) is 7.82 Å². The van der Waals surface area contributed by atoms with E-state index < -0.39 is 32.5 Å². The van der Waals surface area contributed by atoms with E-state index in [4.69, 9.17) is 18.5 Å². The topological polar surface area (TPSA) is 111 Å². The summed E-state index contributed by atoms with van der Waals surface area (Å²) in [5, 5.41) is 0. The van der Waals surface area contributed by atoms with Gasteiger partial charge in [0, 0.05) is 12.8 Å². The molecule has 58 heavy (non-hydrogen) atoms. The lowest BCUT2D eigenvalue weighted by Crippen LogP contribution is -2.37. The van der Waals surface area contributed by atoms with E-state index in [1.54, 1.807) is 0 Å². The minimum absolute atomic E-state index is 0.0400. The molecule has 334 valence electrons. The first-order valence-electron chi connectivity index (χ1n) is 22.6. The van der Waals surface area contributed by atoms with Crippen molar-refractivity contribution in [1.29, 1.82) is 0 Å². The predicted molar refractivity (Wildman–Crippen MR) is 240 cm³/mol. The molecule has 0 saturated carbocycles. The minimum atomic E-state index is -4.64. The standard InChI is InChI=1S/C48H84NO8P/c1-6-8-10-12-14-16-18-20-22-23-24-25-27-29-31-33-35-37-39-41-48(51)57-46(45-56-58(52,53)55-43-42-49(3,4)5)44-54-47(50)40-38-36-34-32-30-28-26-21-19-17-15-13-11-9-7-2/h8,10,14-17,20-22,24-26,46H,6-7,9,11-13,18-19,23,27-45H2,1-5H3/b10-8-,16-14-,17-15-,22-20-,25-24-,26-21-. The van der Waals surface area contributed by atoms with Gasteiger partial charge < -0.3 is 27.9 Å². The summed E-state index contributed by atoms with van der Waals surface area (Å²) in [5.41, 5.74) is 0. The van der Waals surface area contributed by atoms with Crippen LogP contribution in [-0.2, 0) is 32.7 Å². The third-order valence-corrected chi connectivity index (χ3v) is 10.2.